The number of nitriles is 1. The van der Waals surface area contributed by atoms with Crippen molar-refractivity contribution >= 4 is 17.2 Å². The Balaban J connectivity index is 1.39. The van der Waals surface area contributed by atoms with E-state index >= 15 is 0 Å². The van der Waals surface area contributed by atoms with Crippen LogP contribution in [0.15, 0.2) is 30.7 Å². The summed E-state index contributed by atoms with van der Waals surface area (Å²) in [6, 6.07) is 5.29. The van der Waals surface area contributed by atoms with Crippen LogP contribution in [-0.4, -0.2) is 55.4 Å². The summed E-state index contributed by atoms with van der Waals surface area (Å²) < 4.78 is 1.74. The average Bonchev–Trinajstić information content (AvgIpc) is 3.18. The largest absolute Gasteiger partial charge is 0.321 e. The molecule has 2 bridgehead atoms. The lowest BCUT2D eigenvalue weighted by atomic mass is 9.83. The average molecular weight is 376 g/mol. The zero-order valence-corrected chi connectivity index (χ0v) is 16.0. The molecule has 0 radical (unpaired) electrons. The summed E-state index contributed by atoms with van der Waals surface area (Å²) in [5.41, 5.74) is 3.17. The van der Waals surface area contributed by atoms with E-state index in [9.17, 15) is 5.26 Å². The molecule has 3 aliphatic rings. The molecule has 8 nitrogen and oxygen atoms in total. The third-order valence-corrected chi connectivity index (χ3v) is 6.21. The van der Waals surface area contributed by atoms with Crippen molar-refractivity contribution in [3.63, 3.8) is 0 Å². The summed E-state index contributed by atoms with van der Waals surface area (Å²) in [5, 5.41) is 20.1. The van der Waals surface area contributed by atoms with E-state index in [4.69, 9.17) is 4.98 Å². The maximum Gasteiger partial charge on any atom is 0.227 e. The van der Waals surface area contributed by atoms with Crippen LogP contribution in [0.25, 0.3) is 5.57 Å². The Kier molecular flexibility index (Phi) is 4.14. The topological polar surface area (TPSA) is 94.7 Å². The van der Waals surface area contributed by atoms with Gasteiger partial charge in [0.25, 0.3) is 0 Å². The quantitative estimate of drug-likeness (QED) is 0.822. The maximum absolute atomic E-state index is 9.32. The van der Waals surface area contributed by atoms with Gasteiger partial charge in [0.15, 0.2) is 0 Å². The molecule has 0 aliphatic carbocycles. The third-order valence-electron chi connectivity index (χ3n) is 6.21. The second-order valence-corrected chi connectivity index (χ2v) is 8.06. The Morgan fingerprint density at radius 1 is 1.39 bits per heavy atom. The van der Waals surface area contributed by atoms with Gasteiger partial charge < -0.3 is 10.6 Å². The molecule has 3 aliphatic heterocycles. The van der Waals surface area contributed by atoms with Gasteiger partial charge in [0.2, 0.25) is 5.95 Å². The molecule has 0 amide bonds. The lowest BCUT2D eigenvalue weighted by Gasteiger charge is -2.53. The highest BCUT2D eigenvalue weighted by Crippen LogP contribution is 2.44. The van der Waals surface area contributed by atoms with Gasteiger partial charge in [-0.05, 0) is 30.9 Å². The lowest BCUT2D eigenvalue weighted by Crippen LogP contribution is -2.71. The van der Waals surface area contributed by atoms with Gasteiger partial charge in [-0.1, -0.05) is 6.08 Å². The fourth-order valence-corrected chi connectivity index (χ4v) is 4.93. The van der Waals surface area contributed by atoms with Crippen molar-refractivity contribution in [3.05, 3.63) is 36.4 Å². The molecule has 28 heavy (non-hydrogen) atoms. The Morgan fingerprint density at radius 2 is 2.29 bits per heavy atom. The van der Waals surface area contributed by atoms with Crippen LogP contribution in [0.2, 0.25) is 0 Å². The first kappa shape index (κ1) is 17.3. The van der Waals surface area contributed by atoms with Gasteiger partial charge in [-0.3, -0.25) is 9.58 Å². The van der Waals surface area contributed by atoms with Gasteiger partial charge in [0, 0.05) is 44.6 Å². The van der Waals surface area contributed by atoms with E-state index in [1.807, 2.05) is 25.5 Å². The molecule has 5 heterocycles. The number of hydrogen-bond donors (Lipinski definition) is 2. The number of hydrogen-bond acceptors (Lipinski definition) is 7. The molecule has 8 heteroatoms. The van der Waals surface area contributed by atoms with Gasteiger partial charge in [-0.2, -0.15) is 10.4 Å². The smallest absolute Gasteiger partial charge is 0.227 e. The molecule has 5 rings (SSSR count). The first-order chi connectivity index (χ1) is 13.7. The molecule has 144 valence electrons. The monoisotopic (exact) mass is 376 g/mol. The Bertz CT molecular complexity index is 951. The van der Waals surface area contributed by atoms with E-state index < -0.39 is 0 Å². The van der Waals surface area contributed by atoms with Crippen molar-refractivity contribution < 1.29 is 0 Å². The van der Waals surface area contributed by atoms with Crippen molar-refractivity contribution in [2.75, 3.05) is 18.4 Å². The Labute approximate surface area is 164 Å². The number of aromatic nitrogens is 4. The normalized spacial score (nSPS) is 25.6. The van der Waals surface area contributed by atoms with Gasteiger partial charge in [-0.25, -0.2) is 9.97 Å². The molecule has 0 saturated carbocycles. The van der Waals surface area contributed by atoms with Crippen LogP contribution >= 0.6 is 0 Å². The third kappa shape index (κ3) is 2.87. The highest BCUT2D eigenvalue weighted by molar-refractivity contribution is 5.66. The van der Waals surface area contributed by atoms with E-state index in [-0.39, 0.29) is 5.54 Å². The SMILES string of the molecule is Cn1cc(Nc2nccc(C3=CC4CCC(C3)N4C3(CC#N)CNC3)n2)cn1. The van der Waals surface area contributed by atoms with Crippen LogP contribution < -0.4 is 10.6 Å². The molecular weight excluding hydrogens is 352 g/mol. The zero-order valence-electron chi connectivity index (χ0n) is 16.0. The van der Waals surface area contributed by atoms with E-state index in [0.29, 0.717) is 24.5 Å². The predicted octanol–water partition coefficient (Wildman–Crippen LogP) is 1.83. The number of nitrogens with zero attached hydrogens (tertiary/aromatic N) is 6. The molecule has 2 N–H and O–H groups in total. The molecule has 2 unspecified atom stereocenters. The minimum absolute atomic E-state index is 0.0152. The summed E-state index contributed by atoms with van der Waals surface area (Å²) in [6.45, 7) is 1.84. The second-order valence-electron chi connectivity index (χ2n) is 8.06. The lowest BCUT2D eigenvalue weighted by molar-refractivity contribution is 0.00899. The van der Waals surface area contributed by atoms with E-state index in [0.717, 1.165) is 37.3 Å². The highest BCUT2D eigenvalue weighted by atomic mass is 15.3. The summed E-state index contributed by atoms with van der Waals surface area (Å²) in [7, 11) is 1.88. The molecule has 2 saturated heterocycles. The van der Waals surface area contributed by atoms with Crippen LogP contribution in [0.5, 0.6) is 0 Å². The number of nitrogens with one attached hydrogen (secondary N) is 2. The number of anilines is 2. The fourth-order valence-electron chi connectivity index (χ4n) is 4.93. The molecule has 0 spiro atoms. The molecule has 0 aromatic carbocycles. The van der Waals surface area contributed by atoms with E-state index in [1.54, 1.807) is 10.9 Å². The van der Waals surface area contributed by atoms with Crippen molar-refractivity contribution in [2.24, 2.45) is 7.05 Å². The van der Waals surface area contributed by atoms with Crippen LogP contribution in [0.3, 0.4) is 0 Å². The van der Waals surface area contributed by atoms with Crippen molar-refractivity contribution in [3.8, 4) is 6.07 Å². The minimum atomic E-state index is 0.0152. The highest BCUT2D eigenvalue weighted by Gasteiger charge is 2.51. The zero-order chi connectivity index (χ0) is 19.1. The molecule has 2 aromatic rings. The first-order valence-corrected chi connectivity index (χ1v) is 9.83. The summed E-state index contributed by atoms with van der Waals surface area (Å²) in [5.74, 6) is 0.588. The van der Waals surface area contributed by atoms with E-state index in [1.165, 1.54) is 12.0 Å². The van der Waals surface area contributed by atoms with Gasteiger partial charge >= 0.3 is 0 Å². The maximum atomic E-state index is 9.32. The Morgan fingerprint density at radius 3 is 2.96 bits per heavy atom. The van der Waals surface area contributed by atoms with Gasteiger partial charge in [0.1, 0.15) is 0 Å². The fraction of sp³-hybridized carbons (Fsp3) is 0.500. The van der Waals surface area contributed by atoms with Crippen molar-refractivity contribution in [2.45, 2.75) is 43.3 Å². The molecule has 2 fully saturated rings. The summed E-state index contributed by atoms with van der Waals surface area (Å²) in [6.07, 6.45) is 11.8. The van der Waals surface area contributed by atoms with Crippen LogP contribution in [0.1, 0.15) is 31.4 Å². The summed E-state index contributed by atoms with van der Waals surface area (Å²) in [4.78, 5) is 11.7. The number of aryl methyl sites for hydroxylation is 1. The van der Waals surface area contributed by atoms with Crippen LogP contribution in [0, 0.1) is 11.3 Å². The summed E-state index contributed by atoms with van der Waals surface area (Å²) >= 11 is 0. The van der Waals surface area contributed by atoms with Crippen molar-refractivity contribution in [1.82, 2.24) is 30.0 Å². The second kappa shape index (κ2) is 6.69. The van der Waals surface area contributed by atoms with Gasteiger partial charge in [0.05, 0.1) is 35.6 Å². The standard InChI is InChI=1S/C20H24N8/c1-27-11-15(10-24-27)25-19-23-7-4-18(26-19)14-8-16-2-3-17(9-14)28(16)20(5-6-21)12-22-13-20/h4,7-8,10-11,16-17,22H,2-3,5,9,12-13H2,1H3,(H,23,25,26). The minimum Gasteiger partial charge on any atom is -0.321 e. The first-order valence-electron chi connectivity index (χ1n) is 9.83. The predicted molar refractivity (Wildman–Crippen MR) is 106 cm³/mol. The number of fused-ring (bicyclic) bond motifs is 2. The molecular formula is C20H24N8. The van der Waals surface area contributed by atoms with Crippen LogP contribution in [0.4, 0.5) is 11.6 Å². The van der Waals surface area contributed by atoms with Crippen molar-refractivity contribution in [1.29, 1.82) is 5.26 Å². The van der Waals surface area contributed by atoms with E-state index in [2.05, 4.69) is 37.8 Å². The van der Waals surface area contributed by atoms with Crippen LogP contribution in [-0.2, 0) is 7.05 Å². The van der Waals surface area contributed by atoms with Gasteiger partial charge in [-0.15, -0.1) is 0 Å². The molecule has 2 aromatic heterocycles. The Hall–Kier alpha value is -2.76. The number of rotatable bonds is 5. The molecule has 2 atom stereocenters.